The molecule has 0 saturated heterocycles. The van der Waals surface area contributed by atoms with Crippen molar-refractivity contribution in [3.8, 4) is 11.8 Å². The number of carbonyl (C=O) groups is 2. The smallest absolute Gasteiger partial charge is 0.456 e. The summed E-state index contributed by atoms with van der Waals surface area (Å²) in [6.45, 7) is 3.85. The zero-order chi connectivity index (χ0) is 19.5. The second kappa shape index (κ2) is 10.0. The van der Waals surface area contributed by atoms with Crippen molar-refractivity contribution in [2.75, 3.05) is 13.2 Å². The third-order valence-corrected chi connectivity index (χ3v) is 3.80. The van der Waals surface area contributed by atoms with E-state index >= 15 is 0 Å². The fourth-order valence-corrected chi connectivity index (χ4v) is 2.64. The van der Waals surface area contributed by atoms with E-state index in [1.54, 1.807) is 13.8 Å². The number of rotatable bonds is 6. The fraction of sp³-hybridized carbons (Fsp3) is 0.273. The van der Waals surface area contributed by atoms with Crippen molar-refractivity contribution in [2.45, 2.75) is 25.9 Å². The van der Waals surface area contributed by atoms with Crippen molar-refractivity contribution >= 4 is 12.1 Å². The topological polar surface area (TPSA) is 61.8 Å². The molecule has 0 fully saturated rings. The molecule has 2 aromatic carbocycles. The zero-order valence-electron chi connectivity index (χ0n) is 15.4. The van der Waals surface area contributed by atoms with Gasteiger partial charge < -0.3 is 14.2 Å². The normalized spacial score (nSPS) is 10.3. The maximum Gasteiger partial charge on any atom is 0.509 e. The quantitative estimate of drug-likeness (QED) is 0.438. The molecule has 0 N–H and O–H groups in total. The molecule has 0 spiro atoms. The van der Waals surface area contributed by atoms with Gasteiger partial charge in [-0.15, -0.1) is 0 Å². The molecule has 0 atom stereocenters. The number of benzene rings is 2. The van der Waals surface area contributed by atoms with E-state index in [-0.39, 0.29) is 19.6 Å². The van der Waals surface area contributed by atoms with Gasteiger partial charge in [0.05, 0.1) is 19.6 Å². The van der Waals surface area contributed by atoms with E-state index in [9.17, 15) is 9.59 Å². The zero-order valence-corrected chi connectivity index (χ0v) is 15.4. The van der Waals surface area contributed by atoms with E-state index in [1.165, 1.54) is 0 Å². The van der Waals surface area contributed by atoms with E-state index < -0.39 is 17.7 Å². The first kappa shape index (κ1) is 20.1. The first-order valence-corrected chi connectivity index (χ1v) is 8.74. The minimum atomic E-state index is -1.21. The van der Waals surface area contributed by atoms with Gasteiger partial charge in [-0.1, -0.05) is 66.6 Å². The van der Waals surface area contributed by atoms with Crippen LogP contribution >= 0.6 is 0 Å². The van der Waals surface area contributed by atoms with E-state index in [4.69, 9.17) is 14.2 Å². The lowest BCUT2D eigenvalue weighted by molar-refractivity contribution is -0.136. The second-order valence-electron chi connectivity index (χ2n) is 5.54. The van der Waals surface area contributed by atoms with E-state index in [0.29, 0.717) is 0 Å². The van der Waals surface area contributed by atoms with Crippen LogP contribution in [0.15, 0.2) is 60.7 Å². The first-order chi connectivity index (χ1) is 13.1. The predicted octanol–water partition coefficient (Wildman–Crippen LogP) is 4.06. The SMILES string of the molecule is CCOC(=O)C#CCC(OC(=O)OCC)(c1ccccc1)c1ccccc1. The molecule has 5 heteroatoms. The molecule has 0 amide bonds. The summed E-state index contributed by atoms with van der Waals surface area (Å²) in [5.74, 6) is 4.62. The Kier molecular flexibility index (Phi) is 7.45. The number of hydrogen-bond donors (Lipinski definition) is 0. The maximum absolute atomic E-state index is 12.2. The summed E-state index contributed by atoms with van der Waals surface area (Å²) < 4.78 is 15.6. The van der Waals surface area contributed by atoms with Crippen LogP contribution in [0.3, 0.4) is 0 Å². The van der Waals surface area contributed by atoms with Crippen LogP contribution in [0.5, 0.6) is 0 Å². The van der Waals surface area contributed by atoms with Crippen molar-refractivity contribution in [2.24, 2.45) is 0 Å². The average molecular weight is 366 g/mol. The molecule has 2 rings (SSSR count). The van der Waals surface area contributed by atoms with Gasteiger partial charge in [0.2, 0.25) is 0 Å². The number of esters is 1. The van der Waals surface area contributed by atoms with Gasteiger partial charge in [-0.3, -0.25) is 0 Å². The Bertz CT molecular complexity index is 763. The predicted molar refractivity (Wildman–Crippen MR) is 101 cm³/mol. The van der Waals surface area contributed by atoms with Crippen LogP contribution in [-0.4, -0.2) is 25.3 Å². The van der Waals surface area contributed by atoms with Crippen molar-refractivity contribution in [1.29, 1.82) is 0 Å². The highest BCUT2D eigenvalue weighted by Crippen LogP contribution is 2.37. The number of hydrogen-bond acceptors (Lipinski definition) is 5. The largest absolute Gasteiger partial charge is 0.509 e. The summed E-state index contributed by atoms with van der Waals surface area (Å²) in [5, 5.41) is 0. The summed E-state index contributed by atoms with van der Waals surface area (Å²) in [6, 6.07) is 18.5. The second-order valence-corrected chi connectivity index (χ2v) is 5.54. The Morgan fingerprint density at radius 2 is 1.37 bits per heavy atom. The molecule has 0 aliphatic rings. The lowest BCUT2D eigenvalue weighted by atomic mass is 9.83. The first-order valence-electron chi connectivity index (χ1n) is 8.74. The van der Waals surface area contributed by atoms with Gasteiger partial charge >= 0.3 is 12.1 Å². The fourth-order valence-electron chi connectivity index (χ4n) is 2.64. The van der Waals surface area contributed by atoms with Gasteiger partial charge in [0.25, 0.3) is 0 Å². The molecule has 0 radical (unpaired) electrons. The third-order valence-electron chi connectivity index (χ3n) is 3.80. The highest BCUT2D eigenvalue weighted by atomic mass is 16.7. The molecule has 0 aliphatic carbocycles. The summed E-state index contributed by atoms with van der Waals surface area (Å²) in [5.41, 5.74) is 0.235. The molecule has 27 heavy (non-hydrogen) atoms. The van der Waals surface area contributed by atoms with Gasteiger partial charge in [-0.2, -0.15) is 0 Å². The Labute approximate surface area is 159 Å². The van der Waals surface area contributed by atoms with Crippen LogP contribution in [0.4, 0.5) is 4.79 Å². The lowest BCUT2D eigenvalue weighted by Crippen LogP contribution is -2.34. The highest BCUT2D eigenvalue weighted by molar-refractivity contribution is 5.88. The molecule has 2 aromatic rings. The monoisotopic (exact) mass is 366 g/mol. The van der Waals surface area contributed by atoms with Gasteiger partial charge in [-0.25, -0.2) is 9.59 Å². The molecular formula is C22H22O5. The lowest BCUT2D eigenvalue weighted by Gasteiger charge is -2.32. The van der Waals surface area contributed by atoms with Crippen LogP contribution < -0.4 is 0 Å². The molecular weight excluding hydrogens is 344 g/mol. The van der Waals surface area contributed by atoms with E-state index in [2.05, 4.69) is 11.8 Å². The Balaban J connectivity index is 2.52. The van der Waals surface area contributed by atoms with Crippen LogP contribution in [-0.2, 0) is 24.6 Å². The molecule has 140 valence electrons. The van der Waals surface area contributed by atoms with Gasteiger partial charge in [0.1, 0.15) is 0 Å². The van der Waals surface area contributed by atoms with Crippen molar-refractivity contribution in [1.82, 2.24) is 0 Å². The van der Waals surface area contributed by atoms with Crippen LogP contribution in [0.1, 0.15) is 31.4 Å². The van der Waals surface area contributed by atoms with Crippen molar-refractivity contribution in [3.63, 3.8) is 0 Å². The Morgan fingerprint density at radius 3 is 1.85 bits per heavy atom. The third kappa shape index (κ3) is 5.35. The highest BCUT2D eigenvalue weighted by Gasteiger charge is 2.38. The summed E-state index contributed by atoms with van der Waals surface area (Å²) in [4.78, 5) is 23.8. The number of carbonyl (C=O) groups excluding carboxylic acids is 2. The van der Waals surface area contributed by atoms with Gasteiger partial charge in [0.15, 0.2) is 5.60 Å². The molecule has 0 aliphatic heterocycles. The van der Waals surface area contributed by atoms with Crippen molar-refractivity contribution in [3.05, 3.63) is 71.8 Å². The molecule has 0 aromatic heterocycles. The minimum Gasteiger partial charge on any atom is -0.456 e. The molecule has 5 nitrogen and oxygen atoms in total. The van der Waals surface area contributed by atoms with Gasteiger partial charge in [-0.05, 0) is 13.8 Å². The molecule has 0 unspecified atom stereocenters. The van der Waals surface area contributed by atoms with Gasteiger partial charge in [0, 0.05) is 17.0 Å². The Morgan fingerprint density at radius 1 is 0.852 bits per heavy atom. The van der Waals surface area contributed by atoms with Crippen molar-refractivity contribution < 1.29 is 23.8 Å². The van der Waals surface area contributed by atoms with Crippen LogP contribution in [0.2, 0.25) is 0 Å². The van der Waals surface area contributed by atoms with E-state index in [0.717, 1.165) is 11.1 Å². The van der Waals surface area contributed by atoms with Crippen LogP contribution in [0.25, 0.3) is 0 Å². The summed E-state index contributed by atoms with van der Waals surface area (Å²) >= 11 is 0. The summed E-state index contributed by atoms with van der Waals surface area (Å²) in [6.07, 6.45) is -0.735. The van der Waals surface area contributed by atoms with E-state index in [1.807, 2.05) is 60.7 Å². The molecule has 0 heterocycles. The Hall–Kier alpha value is -3.26. The average Bonchev–Trinajstić information content (AvgIpc) is 2.69. The standard InChI is InChI=1S/C22H22O5/c1-3-25-20(23)16-11-17-22(27-21(24)26-4-2,18-12-7-5-8-13-18)19-14-9-6-10-15-19/h5-10,12-15H,3-4,17H2,1-2H3. The maximum atomic E-state index is 12.2. The number of ether oxygens (including phenoxy) is 3. The summed E-state index contributed by atoms with van der Waals surface area (Å²) in [7, 11) is 0. The minimum absolute atomic E-state index is 0.0681. The van der Waals surface area contributed by atoms with Crippen LogP contribution in [0, 0.1) is 11.8 Å². The molecule has 0 saturated carbocycles. The molecule has 0 bridgehead atoms.